The molecule has 2 aliphatic heterocycles. The van der Waals surface area contributed by atoms with Crippen molar-refractivity contribution < 1.29 is 43.0 Å². The van der Waals surface area contributed by atoms with Crippen molar-refractivity contribution in [3.63, 3.8) is 0 Å². The van der Waals surface area contributed by atoms with Gasteiger partial charge in [0.15, 0.2) is 5.72 Å². The van der Waals surface area contributed by atoms with Gasteiger partial charge in [-0.05, 0) is 105 Å². The van der Waals surface area contributed by atoms with Gasteiger partial charge in [0.1, 0.15) is 25.3 Å². The molecule has 63 heavy (non-hydrogen) atoms. The van der Waals surface area contributed by atoms with E-state index < -0.39 is 41.7 Å². The molecule has 8 amide bonds. The number of primary amides is 1. The minimum Gasteiger partial charge on any atom is -0.445 e. The number of pyridine rings is 1. The van der Waals surface area contributed by atoms with Crippen LogP contribution in [0.2, 0.25) is 0 Å². The second kappa shape index (κ2) is 23.4. The van der Waals surface area contributed by atoms with Gasteiger partial charge in [-0.1, -0.05) is 39.3 Å². The maximum Gasteiger partial charge on any atom is 0.407 e. The first-order valence-corrected chi connectivity index (χ1v) is 22.0. The highest BCUT2D eigenvalue weighted by Gasteiger charge is 2.52. The van der Waals surface area contributed by atoms with E-state index in [1.54, 1.807) is 73.6 Å². The summed E-state index contributed by atoms with van der Waals surface area (Å²) in [5, 5.41) is 16.7. The zero-order valence-electron chi connectivity index (χ0n) is 36.5. The molecule has 5 rings (SSSR count). The lowest BCUT2D eigenvalue weighted by molar-refractivity contribution is -0.132. The Labute approximate surface area is 368 Å². The van der Waals surface area contributed by atoms with E-state index in [-0.39, 0.29) is 61.5 Å². The Kier molecular flexibility index (Phi) is 17.8. The Hall–Kier alpha value is -6.04. The highest BCUT2D eigenvalue weighted by Crippen LogP contribution is 2.37. The van der Waals surface area contributed by atoms with Crippen LogP contribution in [0.3, 0.4) is 0 Å². The first kappa shape index (κ1) is 48.0. The number of carbonyl (C=O) groups excluding carboxylic acids is 7. The van der Waals surface area contributed by atoms with Gasteiger partial charge in [-0.3, -0.25) is 29.0 Å². The van der Waals surface area contributed by atoms with Crippen LogP contribution in [0.4, 0.5) is 21.0 Å². The number of benzene rings is 1. The molecule has 342 valence electrons. The van der Waals surface area contributed by atoms with Gasteiger partial charge in [0.2, 0.25) is 29.5 Å². The van der Waals surface area contributed by atoms with E-state index in [1.165, 1.54) is 6.08 Å². The monoisotopic (exact) mass is 873 g/mol. The molecule has 18 heteroatoms. The summed E-state index contributed by atoms with van der Waals surface area (Å²) in [6, 6.07) is 7.66. The predicted octanol–water partition coefficient (Wildman–Crippen LogP) is 4.09. The van der Waals surface area contributed by atoms with Crippen LogP contribution < -0.4 is 37.6 Å². The number of amides is 8. The molecule has 1 aromatic heterocycles. The molecule has 0 bridgehead atoms. The molecule has 2 aromatic rings. The lowest BCUT2D eigenvalue weighted by atomic mass is 9.76. The van der Waals surface area contributed by atoms with E-state index >= 15 is 0 Å². The van der Waals surface area contributed by atoms with Gasteiger partial charge in [-0.15, -0.1) is 0 Å². The highest BCUT2D eigenvalue weighted by molar-refractivity contribution is 5.98. The molecule has 2 fully saturated rings. The van der Waals surface area contributed by atoms with Crippen molar-refractivity contribution in [2.24, 2.45) is 29.4 Å². The first-order valence-electron chi connectivity index (χ1n) is 22.0. The minimum absolute atomic E-state index is 0.00732. The number of carbonyl (C=O) groups is 7. The van der Waals surface area contributed by atoms with E-state index in [1.807, 2.05) is 0 Å². The molecule has 1 saturated heterocycles. The molecule has 8 N–H and O–H groups in total. The van der Waals surface area contributed by atoms with Gasteiger partial charge in [-0.25, -0.2) is 9.59 Å². The molecule has 1 aliphatic carbocycles. The molecular weight excluding hydrogens is 811 g/mol. The Morgan fingerprint density at radius 2 is 1.57 bits per heavy atom. The summed E-state index contributed by atoms with van der Waals surface area (Å²) in [4.78, 5) is 94.3. The smallest absolute Gasteiger partial charge is 0.407 e. The topological polar surface area (TPSA) is 256 Å². The van der Waals surface area contributed by atoms with E-state index in [2.05, 4.69) is 43.8 Å². The van der Waals surface area contributed by atoms with Crippen LogP contribution in [0.5, 0.6) is 0 Å². The largest absolute Gasteiger partial charge is 0.445 e. The number of unbranched alkanes of at least 4 members (excludes halogenated alkanes) is 2. The molecular formula is C45H63N9O9. The quantitative estimate of drug-likeness (QED) is 0.0622. The van der Waals surface area contributed by atoms with Crippen molar-refractivity contribution in [2.75, 3.05) is 36.9 Å². The van der Waals surface area contributed by atoms with Crippen LogP contribution in [0.1, 0.15) is 90.5 Å². The van der Waals surface area contributed by atoms with Gasteiger partial charge in [0.25, 0.3) is 0 Å². The predicted molar refractivity (Wildman–Crippen MR) is 234 cm³/mol. The normalized spacial score (nSPS) is 20.3. The Bertz CT molecular complexity index is 1920. The number of epoxide rings is 1. The molecule has 1 saturated carbocycles. The summed E-state index contributed by atoms with van der Waals surface area (Å²) < 4.78 is 10.9. The van der Waals surface area contributed by atoms with Crippen molar-refractivity contribution in [3.05, 3.63) is 66.5 Å². The Balaban J connectivity index is 1.02. The van der Waals surface area contributed by atoms with Crippen molar-refractivity contribution in [2.45, 2.75) is 109 Å². The van der Waals surface area contributed by atoms with Crippen LogP contribution in [-0.4, -0.2) is 95.6 Å². The molecule has 0 radical (unpaired) electrons. The fourth-order valence-electron chi connectivity index (χ4n) is 7.91. The third-order valence-electron chi connectivity index (χ3n) is 11.9. The van der Waals surface area contributed by atoms with Gasteiger partial charge in [-0.2, -0.15) is 0 Å². The fourth-order valence-corrected chi connectivity index (χ4v) is 7.91. The third-order valence-corrected chi connectivity index (χ3v) is 11.9. The molecule has 3 aliphatic rings. The lowest BCUT2D eigenvalue weighted by Crippen LogP contribution is -2.54. The lowest BCUT2D eigenvalue weighted by Gasteiger charge is -2.31. The number of nitrogens with one attached hydrogen (secondary N) is 6. The van der Waals surface area contributed by atoms with E-state index in [0.29, 0.717) is 62.5 Å². The molecule has 1 aromatic carbocycles. The number of alkyl carbamates (subject to hydrolysis) is 1. The van der Waals surface area contributed by atoms with Crippen LogP contribution >= 0.6 is 0 Å². The third kappa shape index (κ3) is 15.1. The Morgan fingerprint density at radius 3 is 2.24 bits per heavy atom. The highest BCUT2D eigenvalue weighted by atomic mass is 16.6. The van der Waals surface area contributed by atoms with Crippen LogP contribution in [-0.2, 0) is 40.1 Å². The average Bonchev–Trinajstić information content (AvgIpc) is 3.99. The number of hydrogen-bond donors (Lipinski definition) is 7. The summed E-state index contributed by atoms with van der Waals surface area (Å²) in [6.45, 7) is 7.35. The van der Waals surface area contributed by atoms with Gasteiger partial charge in [0, 0.05) is 61.8 Å². The molecule has 1 spiro atoms. The number of ether oxygens (including phenoxy) is 2. The summed E-state index contributed by atoms with van der Waals surface area (Å²) in [7, 11) is 0. The maximum atomic E-state index is 13.6. The first-order chi connectivity index (χ1) is 30.2. The minimum atomic E-state index is -1.01. The van der Waals surface area contributed by atoms with Crippen molar-refractivity contribution >= 4 is 53.0 Å². The molecule has 18 nitrogen and oxygen atoms in total. The number of anilines is 2. The van der Waals surface area contributed by atoms with E-state index in [4.69, 9.17) is 15.2 Å². The van der Waals surface area contributed by atoms with Gasteiger partial charge < -0.3 is 52.0 Å². The van der Waals surface area contributed by atoms with Crippen LogP contribution in [0, 0.1) is 23.7 Å². The summed E-state index contributed by atoms with van der Waals surface area (Å²) >= 11 is 0. The second-order valence-corrected chi connectivity index (χ2v) is 17.0. The van der Waals surface area contributed by atoms with Crippen molar-refractivity contribution in [1.82, 2.24) is 31.2 Å². The van der Waals surface area contributed by atoms with Gasteiger partial charge in [0.05, 0.1) is 0 Å². The molecule has 4 atom stereocenters. The van der Waals surface area contributed by atoms with Crippen LogP contribution in [0.25, 0.3) is 0 Å². The average molecular weight is 874 g/mol. The van der Waals surface area contributed by atoms with Gasteiger partial charge >= 0.3 is 12.1 Å². The standard InChI is InChI=1S/C45H63N9O9/c1-29(2)39(53-37(55)9-5-4-6-25-54-38(56)18-21-45(54)28-63-45)42(59)52-36(8-7-22-48-43(46)60)41(58)51-34-16-10-31(11-17-34)27-62-44(61)49-26-30(3)32-12-14-33(15-13-32)40(57)50-35-19-23-47-24-20-35/h10-11,16-21,23-24,29-30,32-33,36,39H,4-9,12-15,22,25-28H2,1-3H3,(H,49,61)(H,51,58)(H,52,59)(H,53,55)(H3,46,48,60)(H,47,50,57)/t30-,32?,33?,36-,39-,45?/m0/s1. The molecule has 3 heterocycles. The molecule has 1 unspecified atom stereocenters. The van der Waals surface area contributed by atoms with Crippen LogP contribution in [0.15, 0.2) is 60.9 Å². The summed E-state index contributed by atoms with van der Waals surface area (Å²) in [6.07, 6.45) is 12.1. The maximum absolute atomic E-state index is 13.6. The number of nitrogens with zero attached hydrogens (tertiary/aromatic N) is 2. The summed E-state index contributed by atoms with van der Waals surface area (Å²) in [5.41, 5.74) is 6.50. The second-order valence-electron chi connectivity index (χ2n) is 17.0. The van der Waals surface area contributed by atoms with E-state index in [9.17, 15) is 33.6 Å². The van der Waals surface area contributed by atoms with Crippen molar-refractivity contribution in [3.8, 4) is 0 Å². The Morgan fingerprint density at radius 1 is 0.873 bits per heavy atom. The number of rotatable bonds is 23. The zero-order valence-corrected chi connectivity index (χ0v) is 36.5. The number of urea groups is 1. The number of nitrogens with two attached hydrogens (primary N) is 1. The fraction of sp³-hybridized carbons (Fsp3) is 0.556. The zero-order chi connectivity index (χ0) is 45.4. The number of hydrogen-bond acceptors (Lipinski definition) is 10. The van der Waals surface area contributed by atoms with E-state index in [0.717, 1.165) is 31.4 Å². The number of aromatic nitrogens is 1. The van der Waals surface area contributed by atoms with Crippen molar-refractivity contribution in [1.29, 1.82) is 0 Å². The summed E-state index contributed by atoms with van der Waals surface area (Å²) in [5.74, 6) is -1.12. The SMILES string of the molecule is CC(C)[C@H](NC(=O)CCCCCN1C(=O)C=CC12CO2)C(=O)N[C@@H](CCCNC(N)=O)C(=O)Nc1ccc(COC(=O)NC[C@H](C)C2CCC(C(=O)Nc3ccncc3)CC2)cc1.